The van der Waals surface area contributed by atoms with Crippen molar-refractivity contribution in [2.24, 2.45) is 5.92 Å². The third kappa shape index (κ3) is 9.27. The van der Waals surface area contributed by atoms with E-state index in [0.29, 0.717) is 18.8 Å². The molecule has 6 nitrogen and oxygen atoms in total. The average molecular weight is 676 g/mol. The first-order chi connectivity index (χ1) is 21.1. The van der Waals surface area contributed by atoms with E-state index in [0.717, 1.165) is 99.5 Å². The number of benzene rings is 2. The zero-order chi connectivity index (χ0) is 31.3. The van der Waals surface area contributed by atoms with Crippen LogP contribution in [0.1, 0.15) is 76.0 Å². The van der Waals surface area contributed by atoms with Gasteiger partial charge in [0.1, 0.15) is 22.9 Å². The number of halogens is 3. The fourth-order valence-corrected chi connectivity index (χ4v) is 6.62. The van der Waals surface area contributed by atoms with E-state index in [-0.39, 0.29) is 48.4 Å². The predicted octanol–water partition coefficient (Wildman–Crippen LogP) is 7.32. The number of nitrogens with zero attached hydrogens (tertiary/aromatic N) is 2. The Balaban J connectivity index is 0.00000288. The largest absolute Gasteiger partial charge is 0.483 e. The quantitative estimate of drug-likeness (QED) is 0.141. The number of terminal acetylenes is 1. The first-order valence-electron chi connectivity index (χ1n) is 16.2. The lowest BCUT2D eigenvalue weighted by molar-refractivity contribution is -0.138. The van der Waals surface area contributed by atoms with Crippen LogP contribution in [0.3, 0.4) is 0 Å². The Kier molecular flexibility index (Phi) is 14.0. The number of rotatable bonds is 11. The molecule has 3 aliphatic rings. The Morgan fingerprint density at radius 1 is 1.07 bits per heavy atom. The van der Waals surface area contributed by atoms with Gasteiger partial charge in [0.25, 0.3) is 0 Å². The van der Waals surface area contributed by atoms with Crippen LogP contribution in [0.15, 0.2) is 42.0 Å². The van der Waals surface area contributed by atoms with Crippen molar-refractivity contribution in [2.75, 3.05) is 52.5 Å². The summed E-state index contributed by atoms with van der Waals surface area (Å²) < 4.78 is 31.8. The molecule has 0 amide bonds. The van der Waals surface area contributed by atoms with Gasteiger partial charge in [0.2, 0.25) is 0 Å². The molecule has 0 bridgehead atoms. The molecule has 2 unspecified atom stereocenters. The Labute approximate surface area is 286 Å². The number of esters is 1. The molecule has 0 spiro atoms. The summed E-state index contributed by atoms with van der Waals surface area (Å²) in [5.41, 5.74) is 5.04. The number of fused-ring (bicyclic) bond motifs is 2. The maximum Gasteiger partial charge on any atom is 0.314 e. The highest BCUT2D eigenvalue weighted by Gasteiger charge is 2.40. The van der Waals surface area contributed by atoms with E-state index in [1.54, 1.807) is 0 Å². The van der Waals surface area contributed by atoms with Crippen molar-refractivity contribution in [3.05, 3.63) is 64.5 Å². The molecule has 0 radical (unpaired) electrons. The second-order valence-corrected chi connectivity index (χ2v) is 13.1. The molecule has 0 aromatic heterocycles. The monoisotopic (exact) mass is 674 g/mol. The normalized spacial score (nSPS) is 18.9. The van der Waals surface area contributed by atoms with Crippen molar-refractivity contribution >= 4 is 36.4 Å². The Morgan fingerprint density at radius 3 is 2.48 bits per heavy atom. The summed E-state index contributed by atoms with van der Waals surface area (Å²) in [6.07, 6.45) is 10.1. The fraction of sp³-hybridized carbons (Fsp3) is 0.541. The van der Waals surface area contributed by atoms with Crippen LogP contribution < -0.4 is 9.47 Å². The third-order valence-corrected chi connectivity index (χ3v) is 9.40. The van der Waals surface area contributed by atoms with E-state index >= 15 is 0 Å². The Morgan fingerprint density at radius 2 is 1.78 bits per heavy atom. The van der Waals surface area contributed by atoms with Gasteiger partial charge in [0, 0.05) is 26.2 Å². The van der Waals surface area contributed by atoms with Gasteiger partial charge in [-0.05, 0) is 105 Å². The first kappa shape index (κ1) is 37.9. The topological polar surface area (TPSA) is 51.2 Å². The fourth-order valence-electron chi connectivity index (χ4n) is 6.62. The van der Waals surface area contributed by atoms with Gasteiger partial charge in [0.15, 0.2) is 0 Å². The van der Waals surface area contributed by atoms with Gasteiger partial charge in [-0.25, -0.2) is 4.39 Å². The molecule has 3 aliphatic heterocycles. The molecule has 2 aromatic rings. The van der Waals surface area contributed by atoms with Gasteiger partial charge in [-0.3, -0.25) is 14.6 Å². The van der Waals surface area contributed by atoms with E-state index in [2.05, 4.69) is 48.6 Å². The second kappa shape index (κ2) is 17.0. The van der Waals surface area contributed by atoms with Gasteiger partial charge < -0.3 is 14.2 Å². The minimum absolute atomic E-state index is 0. The Hall–Kier alpha value is -2.60. The van der Waals surface area contributed by atoms with Crippen molar-refractivity contribution in [3.63, 3.8) is 0 Å². The second-order valence-electron chi connectivity index (χ2n) is 13.1. The number of hydrogen-bond donors (Lipinski definition) is 0. The van der Waals surface area contributed by atoms with Crippen molar-refractivity contribution in [1.82, 2.24) is 9.80 Å². The van der Waals surface area contributed by atoms with E-state index < -0.39 is 5.60 Å². The van der Waals surface area contributed by atoms with E-state index in [1.165, 1.54) is 17.7 Å². The predicted molar refractivity (Wildman–Crippen MR) is 187 cm³/mol. The molecule has 1 fully saturated rings. The summed E-state index contributed by atoms with van der Waals surface area (Å²) in [6, 6.07) is 10.9. The van der Waals surface area contributed by atoms with Crippen LogP contribution >= 0.6 is 24.8 Å². The van der Waals surface area contributed by atoms with Crippen LogP contribution in [-0.2, 0) is 16.0 Å². The minimum atomic E-state index is -0.470. The molecule has 0 saturated carbocycles. The lowest BCUT2D eigenvalue weighted by atomic mass is 9.80. The Bertz CT molecular complexity index is 1400. The lowest BCUT2D eigenvalue weighted by Gasteiger charge is -2.42. The van der Waals surface area contributed by atoms with Crippen LogP contribution in [0.5, 0.6) is 11.5 Å². The van der Waals surface area contributed by atoms with Crippen molar-refractivity contribution < 1.29 is 23.4 Å². The minimum Gasteiger partial charge on any atom is -0.483 e. The molecule has 1 saturated heterocycles. The molecule has 0 N–H and O–H groups in total. The number of hydrogen-bond acceptors (Lipinski definition) is 6. The molecular formula is C37H49Cl2FN2O4. The highest BCUT2D eigenvalue weighted by molar-refractivity contribution is 5.86. The summed E-state index contributed by atoms with van der Waals surface area (Å²) in [4.78, 5) is 18.2. The highest BCUT2D eigenvalue weighted by atomic mass is 35.5. The standard InChI is InChI=1S/C37H47FN2O4.2ClH/c1-6-16-40-18-15-32-31(25-40)35-33(43-36(41)27(3)14-17-39-19-21-42-22-20-39)23-29(24-34(35)44-37(32,4)5)26(2)8-7-9-28-10-12-30(38)13-11-28;;/h1,10-13,23-24,26-27H,7-9,14-22,25H2,2-5H3;2*1H. The molecule has 5 rings (SSSR count). The number of ether oxygens (including phenoxy) is 3. The van der Waals surface area contributed by atoms with Crippen LogP contribution in [0.25, 0.3) is 5.57 Å². The van der Waals surface area contributed by atoms with Crippen molar-refractivity contribution in [3.8, 4) is 23.8 Å². The third-order valence-electron chi connectivity index (χ3n) is 9.40. The average Bonchev–Trinajstić information content (AvgIpc) is 3.00. The summed E-state index contributed by atoms with van der Waals surface area (Å²) in [5.74, 6) is 3.68. The molecule has 2 aromatic carbocycles. The smallest absolute Gasteiger partial charge is 0.314 e. The molecule has 0 aliphatic carbocycles. The summed E-state index contributed by atoms with van der Waals surface area (Å²) in [5, 5.41) is 0. The van der Waals surface area contributed by atoms with E-state index in [9.17, 15) is 9.18 Å². The highest BCUT2D eigenvalue weighted by Crippen LogP contribution is 2.49. The molecular weight excluding hydrogens is 626 g/mol. The molecule has 252 valence electrons. The van der Waals surface area contributed by atoms with E-state index in [1.807, 2.05) is 19.1 Å². The number of carbonyl (C=O) groups is 1. The van der Waals surface area contributed by atoms with Crippen molar-refractivity contribution in [1.29, 1.82) is 0 Å². The summed E-state index contributed by atoms with van der Waals surface area (Å²) in [7, 11) is 0. The molecule has 9 heteroatoms. The van der Waals surface area contributed by atoms with Gasteiger partial charge in [-0.2, -0.15) is 0 Å². The number of morpholine rings is 1. The zero-order valence-electron chi connectivity index (χ0n) is 27.6. The molecule has 2 atom stereocenters. The SMILES string of the molecule is C#CCN1CCC2=C(C1)c1c(OC(=O)C(C)CCN3CCOCC3)cc(C(C)CCCc3ccc(F)cc3)cc1OC2(C)C.Cl.Cl. The van der Waals surface area contributed by atoms with Gasteiger partial charge in [-0.15, -0.1) is 31.2 Å². The summed E-state index contributed by atoms with van der Waals surface area (Å²) in [6.45, 7) is 14.7. The molecule has 3 heterocycles. The number of aryl methyl sites for hydroxylation is 1. The first-order valence-corrected chi connectivity index (χ1v) is 16.2. The van der Waals surface area contributed by atoms with Crippen LogP contribution in [0, 0.1) is 24.1 Å². The van der Waals surface area contributed by atoms with Gasteiger partial charge in [-0.1, -0.05) is 31.9 Å². The zero-order valence-corrected chi connectivity index (χ0v) is 29.2. The van der Waals surface area contributed by atoms with E-state index in [4.69, 9.17) is 20.6 Å². The maximum absolute atomic E-state index is 13.6. The van der Waals surface area contributed by atoms with Crippen LogP contribution in [-0.4, -0.2) is 73.9 Å². The summed E-state index contributed by atoms with van der Waals surface area (Å²) >= 11 is 0. The van der Waals surface area contributed by atoms with Crippen LogP contribution in [0.4, 0.5) is 4.39 Å². The van der Waals surface area contributed by atoms with Crippen molar-refractivity contribution in [2.45, 2.75) is 71.3 Å². The van der Waals surface area contributed by atoms with Gasteiger partial charge >= 0.3 is 5.97 Å². The number of carbonyl (C=O) groups excluding carboxylic acids is 1. The lowest BCUT2D eigenvalue weighted by Crippen LogP contribution is -2.42. The van der Waals surface area contributed by atoms with Gasteiger partial charge in [0.05, 0.1) is 31.2 Å². The maximum atomic E-state index is 13.6. The van der Waals surface area contributed by atoms with Crippen LogP contribution in [0.2, 0.25) is 0 Å². The molecule has 46 heavy (non-hydrogen) atoms.